The normalized spacial score (nSPS) is 11.5. The number of para-hydroxylation sites is 1. The van der Waals surface area contributed by atoms with Crippen molar-refractivity contribution in [1.82, 2.24) is 0 Å². The van der Waals surface area contributed by atoms with E-state index in [0.29, 0.717) is 11.3 Å². The van der Waals surface area contributed by atoms with Gasteiger partial charge >= 0.3 is 18.2 Å². The molecule has 0 unspecified atom stereocenters. The van der Waals surface area contributed by atoms with E-state index in [0.717, 1.165) is 12.5 Å². The van der Waals surface area contributed by atoms with E-state index in [4.69, 9.17) is 18.9 Å². The van der Waals surface area contributed by atoms with E-state index in [2.05, 4.69) is 0 Å². The first kappa shape index (κ1) is 29.6. The van der Waals surface area contributed by atoms with Gasteiger partial charge in [-0.1, -0.05) is 31.5 Å². The summed E-state index contributed by atoms with van der Waals surface area (Å²) < 4.78 is 37.5. The number of imide groups is 1. The molecule has 0 bridgehead atoms. The molecule has 0 radical (unpaired) electrons. The van der Waals surface area contributed by atoms with Crippen molar-refractivity contribution in [2.24, 2.45) is 0 Å². The highest BCUT2D eigenvalue weighted by Crippen LogP contribution is 2.38. The molecule has 2 amide bonds. The molecule has 8 nitrogen and oxygen atoms in total. The van der Waals surface area contributed by atoms with Crippen LogP contribution in [0.2, 0.25) is 0 Å². The number of amides is 2. The van der Waals surface area contributed by atoms with Crippen molar-refractivity contribution in [3.8, 4) is 11.5 Å². The van der Waals surface area contributed by atoms with E-state index in [9.17, 15) is 14.4 Å². The van der Waals surface area contributed by atoms with Crippen molar-refractivity contribution in [1.29, 1.82) is 0 Å². The Morgan fingerprint density at radius 3 is 1.95 bits per heavy atom. The molecule has 0 aliphatic carbocycles. The quantitative estimate of drug-likeness (QED) is 0.218. The average molecular weight is 518 g/mol. The van der Waals surface area contributed by atoms with Crippen LogP contribution >= 0.6 is 0 Å². The van der Waals surface area contributed by atoms with Gasteiger partial charge in [0, 0.05) is 11.6 Å². The predicted molar refractivity (Wildman–Crippen MR) is 138 cm³/mol. The number of benzene rings is 2. The zero-order valence-electron chi connectivity index (χ0n) is 22.8. The number of rotatable bonds is 7. The van der Waals surface area contributed by atoms with Crippen molar-refractivity contribution >= 4 is 23.8 Å². The molecule has 0 N–H and O–H groups in total. The van der Waals surface area contributed by atoms with Crippen LogP contribution in [0, 0.1) is 12.7 Å². The van der Waals surface area contributed by atoms with Crippen molar-refractivity contribution in [3.63, 3.8) is 0 Å². The fraction of sp³-hybridized carbons (Fsp3) is 0.464. The van der Waals surface area contributed by atoms with Crippen LogP contribution in [0.3, 0.4) is 0 Å². The molecule has 0 spiro atoms. The molecule has 2 aromatic carbocycles. The maximum absolute atomic E-state index is 15.3. The highest BCUT2D eigenvalue weighted by molar-refractivity contribution is 6.12. The van der Waals surface area contributed by atoms with E-state index in [1.54, 1.807) is 71.9 Å². The number of carbonyl (C=O) groups excluding carboxylic acids is 3. The maximum atomic E-state index is 15.3. The molecule has 0 aliphatic rings. The van der Waals surface area contributed by atoms with Gasteiger partial charge in [-0.2, -0.15) is 4.90 Å². The lowest BCUT2D eigenvalue weighted by atomic mass is 10.0. The second kappa shape index (κ2) is 12.1. The van der Waals surface area contributed by atoms with Crippen molar-refractivity contribution in [2.45, 2.75) is 79.4 Å². The predicted octanol–water partition coefficient (Wildman–Crippen LogP) is 7.21. The third kappa shape index (κ3) is 8.48. The van der Waals surface area contributed by atoms with Gasteiger partial charge < -0.3 is 18.9 Å². The second-order valence-corrected chi connectivity index (χ2v) is 10.4. The smallest absolute Gasteiger partial charge is 0.424 e. The van der Waals surface area contributed by atoms with Gasteiger partial charge in [-0.25, -0.2) is 18.8 Å². The molecule has 0 atom stereocenters. The largest absolute Gasteiger partial charge is 0.490 e. The van der Waals surface area contributed by atoms with Crippen molar-refractivity contribution < 1.29 is 37.7 Å². The summed E-state index contributed by atoms with van der Waals surface area (Å²) >= 11 is 0. The lowest BCUT2D eigenvalue weighted by Crippen LogP contribution is -2.44. The number of hydrogen-bond acceptors (Lipinski definition) is 7. The van der Waals surface area contributed by atoms with Crippen LogP contribution in [-0.2, 0) is 9.47 Å². The Morgan fingerprint density at radius 1 is 0.919 bits per heavy atom. The zero-order chi connectivity index (χ0) is 28.0. The number of ether oxygens (including phenoxy) is 4. The molecule has 202 valence electrons. The van der Waals surface area contributed by atoms with Gasteiger partial charge in [0.1, 0.15) is 34.0 Å². The van der Waals surface area contributed by atoms with Crippen LogP contribution in [0.15, 0.2) is 36.4 Å². The van der Waals surface area contributed by atoms with E-state index in [1.165, 1.54) is 6.92 Å². The van der Waals surface area contributed by atoms with E-state index in [1.807, 2.05) is 6.92 Å². The van der Waals surface area contributed by atoms with E-state index < -0.39 is 35.2 Å². The van der Waals surface area contributed by atoms with Gasteiger partial charge in [0.25, 0.3) is 0 Å². The number of halogens is 1. The monoisotopic (exact) mass is 517 g/mol. The topological polar surface area (TPSA) is 91.4 Å². The van der Waals surface area contributed by atoms with Crippen LogP contribution in [-0.4, -0.2) is 36.0 Å². The van der Waals surface area contributed by atoms with Gasteiger partial charge in [0.05, 0.1) is 6.61 Å². The summed E-state index contributed by atoms with van der Waals surface area (Å²) in [5.74, 6) is -1.72. The van der Waals surface area contributed by atoms with Crippen LogP contribution in [0.5, 0.6) is 11.5 Å². The lowest BCUT2D eigenvalue weighted by molar-refractivity contribution is 0.0427. The van der Waals surface area contributed by atoms with Gasteiger partial charge in [-0.15, -0.1) is 0 Å². The molecule has 0 aromatic heterocycles. The van der Waals surface area contributed by atoms with Gasteiger partial charge in [-0.3, -0.25) is 0 Å². The third-order valence-electron chi connectivity index (χ3n) is 4.75. The Bertz CT molecular complexity index is 1090. The molecule has 0 saturated heterocycles. The number of carbonyl (C=O) groups is 3. The lowest BCUT2D eigenvalue weighted by Gasteiger charge is -2.30. The number of anilines is 1. The Hall–Kier alpha value is -3.62. The molecular formula is C28H36FNO7. The summed E-state index contributed by atoms with van der Waals surface area (Å²) in [6.07, 6.45) is -0.872. The number of esters is 1. The molecule has 2 rings (SSSR count). The number of unbranched alkanes of at least 4 members (excludes halogenated alkanes) is 1. The SMILES string of the molecule is CCCCOc1c(N(C(=O)OC(C)(C)C)C(=O)OC(C)(C)C)cc(F)c(C)c1C(=O)Oc1ccccc1. The molecule has 0 aliphatic heterocycles. The fourth-order valence-electron chi connectivity index (χ4n) is 3.12. The zero-order valence-corrected chi connectivity index (χ0v) is 22.8. The minimum atomic E-state index is -1.12. The Kier molecular flexibility index (Phi) is 9.67. The standard InChI is InChI=1S/C28H36FNO7/c1-9-10-16-34-23-21(30(25(32)36-27(3,4)5)26(33)37-28(6,7)8)17-20(29)18(2)22(23)24(31)35-19-14-12-11-13-15-19/h11-15,17H,9-10,16H2,1-8H3. The summed E-state index contributed by atoms with van der Waals surface area (Å²) in [6.45, 7) is 13.2. The van der Waals surface area contributed by atoms with Crippen LogP contribution in [0.4, 0.5) is 19.7 Å². The molecular weight excluding hydrogens is 481 g/mol. The van der Waals surface area contributed by atoms with E-state index >= 15 is 4.39 Å². The summed E-state index contributed by atoms with van der Waals surface area (Å²) in [4.78, 5) is 40.3. The van der Waals surface area contributed by atoms with Crippen molar-refractivity contribution in [2.75, 3.05) is 11.5 Å². The van der Waals surface area contributed by atoms with Gasteiger partial charge in [-0.05, 0) is 67.0 Å². The van der Waals surface area contributed by atoms with Crippen molar-refractivity contribution in [3.05, 3.63) is 53.3 Å². The van der Waals surface area contributed by atoms with Crippen LogP contribution < -0.4 is 14.4 Å². The summed E-state index contributed by atoms with van der Waals surface area (Å²) in [6, 6.07) is 9.19. The number of nitrogens with zero attached hydrogens (tertiary/aromatic N) is 1. The summed E-state index contributed by atoms with van der Waals surface area (Å²) in [5, 5.41) is 0. The number of hydrogen-bond donors (Lipinski definition) is 0. The second-order valence-electron chi connectivity index (χ2n) is 10.4. The Morgan fingerprint density at radius 2 is 1.46 bits per heavy atom. The first-order chi connectivity index (χ1) is 17.1. The summed E-state index contributed by atoms with van der Waals surface area (Å²) in [5.41, 5.74) is -2.63. The molecule has 0 fully saturated rings. The fourth-order valence-corrected chi connectivity index (χ4v) is 3.12. The van der Waals surface area contributed by atoms with Gasteiger partial charge in [0.15, 0.2) is 5.75 Å². The van der Waals surface area contributed by atoms with Gasteiger partial charge in [0.2, 0.25) is 0 Å². The van der Waals surface area contributed by atoms with Crippen LogP contribution in [0.25, 0.3) is 0 Å². The molecule has 37 heavy (non-hydrogen) atoms. The first-order valence-corrected chi connectivity index (χ1v) is 12.1. The molecule has 9 heteroatoms. The molecule has 0 heterocycles. The first-order valence-electron chi connectivity index (χ1n) is 12.1. The Labute approximate surface area is 217 Å². The third-order valence-corrected chi connectivity index (χ3v) is 4.75. The van der Waals surface area contributed by atoms with Crippen LogP contribution in [0.1, 0.15) is 77.2 Å². The average Bonchev–Trinajstić information content (AvgIpc) is 2.75. The summed E-state index contributed by atoms with van der Waals surface area (Å²) in [7, 11) is 0. The minimum absolute atomic E-state index is 0.0653. The molecule has 0 saturated carbocycles. The Balaban J connectivity index is 2.75. The highest BCUT2D eigenvalue weighted by atomic mass is 19.1. The minimum Gasteiger partial charge on any atom is -0.490 e. The molecule has 2 aromatic rings. The van der Waals surface area contributed by atoms with E-state index in [-0.39, 0.29) is 34.9 Å². The highest BCUT2D eigenvalue weighted by Gasteiger charge is 2.37. The maximum Gasteiger partial charge on any atom is 0.424 e.